The summed E-state index contributed by atoms with van der Waals surface area (Å²) in [4.78, 5) is 4.16. The summed E-state index contributed by atoms with van der Waals surface area (Å²) >= 11 is 0. The van der Waals surface area contributed by atoms with Crippen LogP contribution >= 0.6 is 0 Å². The molecule has 0 unspecified atom stereocenters. The molecular weight excluding hydrogens is 182 g/mol. The van der Waals surface area contributed by atoms with Gasteiger partial charge < -0.3 is 0 Å². The van der Waals surface area contributed by atoms with Crippen molar-refractivity contribution in [2.75, 3.05) is 0 Å². The third-order valence-corrected chi connectivity index (χ3v) is 3.29. The van der Waals surface area contributed by atoms with Crippen molar-refractivity contribution in [1.82, 2.24) is 4.98 Å². The van der Waals surface area contributed by atoms with Crippen molar-refractivity contribution in [3.05, 3.63) is 42.2 Å². The zero-order valence-corrected chi connectivity index (χ0v) is 9.62. The summed E-state index contributed by atoms with van der Waals surface area (Å²) < 4.78 is 0. The fourth-order valence-electron chi connectivity index (χ4n) is 1.90. The second-order valence-corrected chi connectivity index (χ2v) is 4.64. The van der Waals surface area contributed by atoms with Crippen LogP contribution in [-0.2, 0) is 5.41 Å². The van der Waals surface area contributed by atoms with E-state index >= 15 is 0 Å². The number of hydrogen-bond donors (Lipinski definition) is 0. The Morgan fingerprint density at radius 1 is 1.20 bits per heavy atom. The summed E-state index contributed by atoms with van der Waals surface area (Å²) in [6.45, 7) is 6.82. The quantitative estimate of drug-likeness (QED) is 0.714. The highest BCUT2D eigenvalue weighted by Crippen LogP contribution is 2.32. The number of pyridine rings is 1. The standard InChI is InChI=1S/C14H17N/c1-4-14(2,3)13-7-5-6-11-10-15-9-8-12(11)13/h5-10H,4H2,1-3H3. The van der Waals surface area contributed by atoms with Crippen molar-refractivity contribution < 1.29 is 0 Å². The lowest BCUT2D eigenvalue weighted by Crippen LogP contribution is -2.15. The number of aromatic nitrogens is 1. The van der Waals surface area contributed by atoms with Gasteiger partial charge in [0.1, 0.15) is 0 Å². The Bertz CT molecular complexity index is 466. The van der Waals surface area contributed by atoms with Gasteiger partial charge in [-0.1, -0.05) is 39.0 Å². The summed E-state index contributed by atoms with van der Waals surface area (Å²) in [7, 11) is 0. The third-order valence-electron chi connectivity index (χ3n) is 3.29. The Morgan fingerprint density at radius 2 is 2.00 bits per heavy atom. The topological polar surface area (TPSA) is 12.9 Å². The fourth-order valence-corrected chi connectivity index (χ4v) is 1.90. The third kappa shape index (κ3) is 1.74. The van der Waals surface area contributed by atoms with E-state index in [1.165, 1.54) is 16.3 Å². The van der Waals surface area contributed by atoms with Gasteiger partial charge in [0, 0.05) is 17.8 Å². The van der Waals surface area contributed by atoms with Gasteiger partial charge in [0.2, 0.25) is 0 Å². The van der Waals surface area contributed by atoms with Crippen LogP contribution in [0.1, 0.15) is 32.8 Å². The van der Waals surface area contributed by atoms with Crippen LogP contribution in [0.15, 0.2) is 36.7 Å². The van der Waals surface area contributed by atoms with Gasteiger partial charge in [0.15, 0.2) is 0 Å². The van der Waals surface area contributed by atoms with E-state index in [1.807, 2.05) is 12.4 Å². The Kier molecular flexibility index (Phi) is 2.47. The van der Waals surface area contributed by atoms with Crippen LogP contribution < -0.4 is 0 Å². The Morgan fingerprint density at radius 3 is 2.73 bits per heavy atom. The second kappa shape index (κ2) is 3.65. The number of rotatable bonds is 2. The van der Waals surface area contributed by atoms with Crippen molar-refractivity contribution >= 4 is 10.8 Å². The van der Waals surface area contributed by atoms with Crippen molar-refractivity contribution in [2.45, 2.75) is 32.6 Å². The monoisotopic (exact) mass is 199 g/mol. The number of hydrogen-bond acceptors (Lipinski definition) is 1. The van der Waals surface area contributed by atoms with Crippen LogP contribution in [0.2, 0.25) is 0 Å². The fraction of sp³-hybridized carbons (Fsp3) is 0.357. The molecule has 0 saturated heterocycles. The minimum atomic E-state index is 0.237. The number of benzene rings is 1. The lowest BCUT2D eigenvalue weighted by Gasteiger charge is -2.24. The molecule has 2 rings (SSSR count). The SMILES string of the molecule is CCC(C)(C)c1cccc2cnccc12. The van der Waals surface area contributed by atoms with Crippen LogP contribution in [0.25, 0.3) is 10.8 Å². The first-order valence-corrected chi connectivity index (χ1v) is 5.48. The van der Waals surface area contributed by atoms with Gasteiger partial charge in [-0.05, 0) is 28.9 Å². The first-order chi connectivity index (χ1) is 7.15. The molecule has 0 fully saturated rings. The average Bonchev–Trinajstić information content (AvgIpc) is 2.28. The van der Waals surface area contributed by atoms with E-state index in [9.17, 15) is 0 Å². The molecule has 1 heteroatoms. The highest BCUT2D eigenvalue weighted by Gasteiger charge is 2.19. The maximum Gasteiger partial charge on any atom is 0.0346 e. The van der Waals surface area contributed by atoms with E-state index in [4.69, 9.17) is 0 Å². The molecule has 1 aromatic carbocycles. The first kappa shape index (κ1) is 10.2. The summed E-state index contributed by atoms with van der Waals surface area (Å²) in [5.74, 6) is 0. The summed E-state index contributed by atoms with van der Waals surface area (Å²) in [5.41, 5.74) is 1.66. The normalized spacial score (nSPS) is 11.9. The molecule has 1 nitrogen and oxygen atoms in total. The molecule has 0 radical (unpaired) electrons. The number of fused-ring (bicyclic) bond motifs is 1. The maximum absolute atomic E-state index is 4.16. The maximum atomic E-state index is 4.16. The lowest BCUT2D eigenvalue weighted by atomic mass is 9.80. The predicted octanol–water partition coefficient (Wildman–Crippen LogP) is 3.92. The van der Waals surface area contributed by atoms with Gasteiger partial charge >= 0.3 is 0 Å². The lowest BCUT2D eigenvalue weighted by molar-refractivity contribution is 0.510. The molecule has 0 atom stereocenters. The Balaban J connectivity index is 2.71. The molecule has 1 aromatic heterocycles. The van der Waals surface area contributed by atoms with E-state index in [0.29, 0.717) is 0 Å². The van der Waals surface area contributed by atoms with E-state index in [2.05, 4.69) is 50.0 Å². The Labute approximate surface area is 91.2 Å². The minimum absolute atomic E-state index is 0.237. The summed E-state index contributed by atoms with van der Waals surface area (Å²) in [6, 6.07) is 8.59. The smallest absolute Gasteiger partial charge is 0.0346 e. The zero-order chi connectivity index (χ0) is 10.9. The van der Waals surface area contributed by atoms with Crippen LogP contribution in [0, 0.1) is 0 Å². The number of nitrogens with zero attached hydrogens (tertiary/aromatic N) is 1. The van der Waals surface area contributed by atoms with Crippen molar-refractivity contribution in [3.63, 3.8) is 0 Å². The summed E-state index contributed by atoms with van der Waals surface area (Å²) in [5, 5.41) is 2.57. The van der Waals surface area contributed by atoms with Gasteiger partial charge in [0.05, 0.1) is 0 Å². The molecule has 2 aromatic rings. The molecule has 0 N–H and O–H groups in total. The van der Waals surface area contributed by atoms with E-state index in [1.54, 1.807) is 0 Å². The molecule has 1 heterocycles. The molecule has 0 spiro atoms. The highest BCUT2D eigenvalue weighted by molar-refractivity contribution is 5.85. The molecule has 15 heavy (non-hydrogen) atoms. The predicted molar refractivity (Wildman–Crippen MR) is 65.1 cm³/mol. The molecule has 0 aliphatic heterocycles. The molecule has 0 aliphatic rings. The highest BCUT2D eigenvalue weighted by atomic mass is 14.6. The average molecular weight is 199 g/mol. The molecule has 0 aliphatic carbocycles. The van der Waals surface area contributed by atoms with E-state index in [-0.39, 0.29) is 5.41 Å². The Hall–Kier alpha value is -1.37. The van der Waals surface area contributed by atoms with Gasteiger partial charge in [-0.2, -0.15) is 0 Å². The van der Waals surface area contributed by atoms with Crippen LogP contribution in [0.4, 0.5) is 0 Å². The molecule has 0 saturated carbocycles. The van der Waals surface area contributed by atoms with E-state index < -0.39 is 0 Å². The van der Waals surface area contributed by atoms with Gasteiger partial charge in [-0.25, -0.2) is 0 Å². The molecule has 0 amide bonds. The molecule has 78 valence electrons. The summed E-state index contributed by atoms with van der Waals surface area (Å²) in [6.07, 6.45) is 4.95. The van der Waals surface area contributed by atoms with Crippen molar-refractivity contribution in [2.24, 2.45) is 0 Å². The van der Waals surface area contributed by atoms with Gasteiger partial charge in [-0.15, -0.1) is 0 Å². The molecule has 0 bridgehead atoms. The van der Waals surface area contributed by atoms with Crippen LogP contribution in [-0.4, -0.2) is 4.98 Å². The molecular formula is C14H17N. The largest absolute Gasteiger partial charge is 0.264 e. The van der Waals surface area contributed by atoms with E-state index in [0.717, 1.165) is 6.42 Å². The van der Waals surface area contributed by atoms with Gasteiger partial charge in [-0.3, -0.25) is 4.98 Å². The van der Waals surface area contributed by atoms with Gasteiger partial charge in [0.25, 0.3) is 0 Å². The van der Waals surface area contributed by atoms with Crippen LogP contribution in [0.5, 0.6) is 0 Å². The second-order valence-electron chi connectivity index (χ2n) is 4.64. The van der Waals surface area contributed by atoms with Crippen molar-refractivity contribution in [1.29, 1.82) is 0 Å². The zero-order valence-electron chi connectivity index (χ0n) is 9.62. The minimum Gasteiger partial charge on any atom is -0.264 e. The first-order valence-electron chi connectivity index (χ1n) is 5.48. The van der Waals surface area contributed by atoms with Crippen molar-refractivity contribution in [3.8, 4) is 0 Å². The van der Waals surface area contributed by atoms with Crippen LogP contribution in [0.3, 0.4) is 0 Å².